The molecule has 1 aromatic carbocycles. The van der Waals surface area contributed by atoms with Gasteiger partial charge >= 0.3 is 16.4 Å². The Hall–Kier alpha value is -4.43. The van der Waals surface area contributed by atoms with Crippen molar-refractivity contribution in [2.45, 2.75) is 31.9 Å². The van der Waals surface area contributed by atoms with Crippen LogP contribution in [0, 0.1) is 5.92 Å². The number of rotatable bonds is 15. The van der Waals surface area contributed by atoms with Gasteiger partial charge in [0.2, 0.25) is 0 Å². The van der Waals surface area contributed by atoms with E-state index in [1.807, 2.05) is 0 Å². The van der Waals surface area contributed by atoms with Gasteiger partial charge in [0.1, 0.15) is 23.9 Å². The van der Waals surface area contributed by atoms with Crippen LogP contribution in [0.25, 0.3) is 10.8 Å². The van der Waals surface area contributed by atoms with Crippen molar-refractivity contribution in [3.05, 3.63) is 41.5 Å². The molecule has 19 heteroatoms. The van der Waals surface area contributed by atoms with Crippen LogP contribution < -0.4 is 21.5 Å². The normalized spacial score (nSPS) is 17.2. The molecule has 1 fully saturated rings. The summed E-state index contributed by atoms with van der Waals surface area (Å²) in [5.41, 5.74) is 9.49. The molecule has 2 atom stereocenters. The summed E-state index contributed by atoms with van der Waals surface area (Å²) >= 11 is 0.982. The minimum absolute atomic E-state index is 0.0274. The van der Waals surface area contributed by atoms with Gasteiger partial charge in [-0.1, -0.05) is 5.16 Å². The molecule has 0 bridgehead atoms. The summed E-state index contributed by atoms with van der Waals surface area (Å²) in [5.74, 6) is -3.22. The summed E-state index contributed by atoms with van der Waals surface area (Å²) in [5, 5.41) is 20.1. The number of nitrogens with zero attached hydrogens (tertiary/aromatic N) is 4. The average molecular weight is 652 g/mol. The van der Waals surface area contributed by atoms with Crippen LogP contribution in [-0.2, 0) is 33.9 Å². The molecule has 3 aromatic rings. The second-order valence-electron chi connectivity index (χ2n) is 9.98. The molecule has 2 aromatic heterocycles. The maximum absolute atomic E-state index is 13.3. The molecule has 7 N–H and O–H groups in total. The Bertz CT molecular complexity index is 1710. The third-order valence-electron chi connectivity index (χ3n) is 6.58. The van der Waals surface area contributed by atoms with E-state index in [1.54, 1.807) is 30.5 Å². The first-order chi connectivity index (χ1) is 20.7. The molecule has 4 rings (SSSR count). The van der Waals surface area contributed by atoms with Crippen molar-refractivity contribution < 1.29 is 46.3 Å². The molecule has 1 amide bonds. The van der Waals surface area contributed by atoms with E-state index in [2.05, 4.69) is 24.7 Å². The van der Waals surface area contributed by atoms with E-state index in [0.29, 0.717) is 29.7 Å². The highest BCUT2D eigenvalue weighted by molar-refractivity contribution is 7.80. The number of ketones is 1. The summed E-state index contributed by atoms with van der Waals surface area (Å²) in [4.78, 5) is 51.3. The number of thiazole rings is 1. The van der Waals surface area contributed by atoms with Crippen LogP contribution in [0.1, 0.15) is 26.0 Å². The largest absolute Gasteiger partial charge is 0.489 e. The number of nitrogens with two attached hydrogens (primary N) is 2. The van der Waals surface area contributed by atoms with E-state index < -0.39 is 64.4 Å². The number of carboxylic acids is 1. The number of amides is 1. The van der Waals surface area contributed by atoms with Crippen LogP contribution in [0.15, 0.2) is 41.0 Å². The van der Waals surface area contributed by atoms with Crippen molar-refractivity contribution in [3.8, 4) is 5.75 Å². The minimum atomic E-state index is -4.99. The van der Waals surface area contributed by atoms with Gasteiger partial charge in [0.15, 0.2) is 16.6 Å². The van der Waals surface area contributed by atoms with Crippen molar-refractivity contribution in [2.24, 2.45) is 16.8 Å². The van der Waals surface area contributed by atoms with Crippen LogP contribution in [0.2, 0.25) is 0 Å². The van der Waals surface area contributed by atoms with Gasteiger partial charge in [-0.2, -0.15) is 13.5 Å². The van der Waals surface area contributed by atoms with Gasteiger partial charge in [-0.15, -0.1) is 15.6 Å². The number of hydrogen-bond acceptors (Lipinski definition) is 15. The van der Waals surface area contributed by atoms with Crippen LogP contribution in [0.5, 0.6) is 5.75 Å². The maximum atomic E-state index is 13.3. The average Bonchev–Trinajstić information content (AvgIpc) is 3.39. The van der Waals surface area contributed by atoms with Crippen molar-refractivity contribution in [3.63, 3.8) is 0 Å². The number of anilines is 2. The molecular weight excluding hydrogens is 622 g/mol. The summed E-state index contributed by atoms with van der Waals surface area (Å²) in [6.07, 6.45) is -0.563. The number of hydroxylamine groups is 2. The summed E-state index contributed by atoms with van der Waals surface area (Å²) in [6, 6.07) is 6.82. The predicted molar refractivity (Wildman–Crippen MR) is 157 cm³/mol. The Morgan fingerprint density at radius 1 is 1.30 bits per heavy atom. The summed E-state index contributed by atoms with van der Waals surface area (Å²) in [7, 11) is -4.99. The predicted octanol–water partition coefficient (Wildman–Crippen LogP) is 0.828. The highest BCUT2D eigenvalue weighted by atomic mass is 32.3. The molecule has 0 radical (unpaired) electrons. The van der Waals surface area contributed by atoms with Gasteiger partial charge in [0.05, 0.1) is 11.5 Å². The van der Waals surface area contributed by atoms with Crippen molar-refractivity contribution in [1.29, 1.82) is 0 Å². The maximum Gasteiger partial charge on any atom is 0.418 e. The lowest BCUT2D eigenvalue weighted by atomic mass is 9.74. The smallest absolute Gasteiger partial charge is 0.418 e. The lowest BCUT2D eigenvalue weighted by Crippen LogP contribution is -2.68. The lowest BCUT2D eigenvalue weighted by Gasteiger charge is -2.50. The number of benzene rings is 1. The standard InChI is InChI=1S/C25H29N7O10S2/c1-25(2)16(22(34)32(25)42-44(37,38)39)10-18(33)20(17-12-43-24(27)30-17)31-41-19(23(35)36)11-40-14-3-4-15-13(9-14)5-7-28-21(15)29-8-6-26/h3-5,7,9,12,16,19H,6,8,10-11,26H2,1-2H3,(H2,27,30)(H,28,29)(H,35,36)(H,37,38,39)/b31-20-/t16?,19-/m0/s1. The van der Waals surface area contributed by atoms with E-state index in [4.69, 9.17) is 25.6 Å². The van der Waals surface area contributed by atoms with Crippen LogP contribution in [-0.4, -0.2) is 87.8 Å². The molecule has 0 spiro atoms. The molecule has 1 aliphatic heterocycles. The number of carboxylic acid groups (broad SMARTS) is 1. The number of carbonyl (C=O) groups excluding carboxylic acids is 2. The molecule has 0 aliphatic carbocycles. The van der Waals surface area contributed by atoms with E-state index >= 15 is 0 Å². The van der Waals surface area contributed by atoms with Crippen molar-refractivity contribution >= 4 is 66.8 Å². The highest BCUT2D eigenvalue weighted by Gasteiger charge is 2.57. The minimum Gasteiger partial charge on any atom is -0.489 e. The van der Waals surface area contributed by atoms with Crippen molar-refractivity contribution in [2.75, 3.05) is 30.7 Å². The van der Waals surface area contributed by atoms with Gasteiger partial charge in [-0.3, -0.25) is 14.1 Å². The molecule has 1 saturated heterocycles. The molecule has 3 heterocycles. The number of hydrogen-bond donors (Lipinski definition) is 5. The van der Waals surface area contributed by atoms with E-state index in [1.165, 1.54) is 19.2 Å². The Morgan fingerprint density at radius 2 is 2.05 bits per heavy atom. The van der Waals surface area contributed by atoms with Crippen LogP contribution >= 0.6 is 11.3 Å². The number of nitrogen functional groups attached to an aromatic ring is 1. The first-order valence-electron chi connectivity index (χ1n) is 12.9. The zero-order chi connectivity index (χ0) is 32.2. The monoisotopic (exact) mass is 651 g/mol. The highest BCUT2D eigenvalue weighted by Crippen LogP contribution is 2.40. The third kappa shape index (κ3) is 7.37. The number of β-lactam (4-membered cyclic amide) rings is 1. The van der Waals surface area contributed by atoms with Gasteiger partial charge in [0, 0.05) is 36.5 Å². The first kappa shape index (κ1) is 32.5. The number of pyridine rings is 1. The number of nitrogens with one attached hydrogen (secondary N) is 1. The Morgan fingerprint density at radius 3 is 2.66 bits per heavy atom. The van der Waals surface area contributed by atoms with E-state index in [-0.39, 0.29) is 10.8 Å². The summed E-state index contributed by atoms with van der Waals surface area (Å²) < 4.78 is 41.1. The number of oxime groups is 1. The fourth-order valence-electron chi connectivity index (χ4n) is 4.30. The van der Waals surface area contributed by atoms with Crippen LogP contribution in [0.4, 0.5) is 10.9 Å². The number of Topliss-reactive ketones (excluding diaryl/α,β-unsaturated/α-hetero) is 1. The van der Waals surface area contributed by atoms with Gasteiger partial charge in [0.25, 0.3) is 12.0 Å². The molecule has 236 valence electrons. The molecule has 17 nitrogen and oxygen atoms in total. The Kier molecular flexibility index (Phi) is 9.64. The number of aliphatic carboxylic acids is 1. The SMILES string of the molecule is CC1(C)C(CC(=O)/C(=N\O[C@@H](COc2ccc3c(NCCN)nccc3c2)C(=O)O)c2csc(N)n2)C(=O)N1OS(=O)(=O)O. The molecule has 44 heavy (non-hydrogen) atoms. The zero-order valence-corrected chi connectivity index (χ0v) is 25.0. The fraction of sp³-hybridized carbons (Fsp3) is 0.360. The van der Waals surface area contributed by atoms with Gasteiger partial charge in [-0.05, 0) is 43.5 Å². The second-order valence-corrected chi connectivity index (χ2v) is 11.9. The van der Waals surface area contributed by atoms with E-state index in [9.17, 15) is 27.9 Å². The quantitative estimate of drug-likeness (QED) is 0.0659. The number of carbonyl (C=O) groups is 3. The zero-order valence-electron chi connectivity index (χ0n) is 23.4. The van der Waals surface area contributed by atoms with E-state index in [0.717, 1.165) is 22.1 Å². The topological polar surface area (TPSA) is 259 Å². The number of ether oxygens (including phenoxy) is 1. The lowest BCUT2D eigenvalue weighted by molar-refractivity contribution is -0.228. The second kappa shape index (κ2) is 13.1. The van der Waals surface area contributed by atoms with Gasteiger partial charge in [-0.25, -0.2) is 14.8 Å². The Labute approximate surface area is 254 Å². The third-order valence-corrected chi connectivity index (χ3v) is 7.59. The van der Waals surface area contributed by atoms with Gasteiger partial charge < -0.3 is 31.5 Å². The van der Waals surface area contributed by atoms with Crippen LogP contribution in [0.3, 0.4) is 0 Å². The molecule has 1 unspecified atom stereocenters. The molecule has 0 saturated carbocycles. The Balaban J connectivity index is 1.49. The van der Waals surface area contributed by atoms with Crippen molar-refractivity contribution in [1.82, 2.24) is 15.0 Å². The molecular formula is C25H29N7O10S2. The summed E-state index contributed by atoms with van der Waals surface area (Å²) in [6.45, 7) is 3.29. The number of fused-ring (bicyclic) bond motifs is 1. The fourth-order valence-corrected chi connectivity index (χ4v) is 5.30. The number of aromatic nitrogens is 2. The first-order valence-corrected chi connectivity index (χ1v) is 15.1. The molecule has 1 aliphatic rings.